The highest BCUT2D eigenvalue weighted by Crippen LogP contribution is 2.13. The summed E-state index contributed by atoms with van der Waals surface area (Å²) in [5.41, 5.74) is 0. The first-order valence-electron chi connectivity index (χ1n) is 4.84. The molecule has 3 nitrogen and oxygen atoms in total. The number of sulfonamides is 1. The van der Waals surface area contributed by atoms with E-state index >= 15 is 0 Å². The Morgan fingerprint density at radius 1 is 1.29 bits per heavy atom. The van der Waals surface area contributed by atoms with Crippen LogP contribution in [0.25, 0.3) is 0 Å². The highest BCUT2D eigenvalue weighted by atomic mass is 35.5. The first-order valence-corrected chi connectivity index (χ1v) is 6.99. The summed E-state index contributed by atoms with van der Waals surface area (Å²) in [6.07, 6.45) is 0.513. The average Bonchev–Trinajstić information content (AvgIpc) is 2.12. The first-order chi connectivity index (χ1) is 6.33. The lowest BCUT2D eigenvalue weighted by molar-refractivity contribution is 0.315. The van der Waals surface area contributed by atoms with Gasteiger partial charge in [0.15, 0.2) is 0 Å². The molecule has 0 saturated carbocycles. The maximum absolute atomic E-state index is 11.7. The molecule has 0 radical (unpaired) electrons. The number of hydrogen-bond donors (Lipinski definition) is 0. The molecule has 0 aliphatic heterocycles. The summed E-state index contributed by atoms with van der Waals surface area (Å²) in [6, 6.07) is 0.0373. The molecule has 0 amide bonds. The minimum absolute atomic E-state index is 0.0373. The van der Waals surface area contributed by atoms with Crippen LogP contribution in [-0.4, -0.2) is 37.4 Å². The van der Waals surface area contributed by atoms with Gasteiger partial charge < -0.3 is 0 Å². The van der Waals surface area contributed by atoms with E-state index in [4.69, 9.17) is 11.6 Å². The molecule has 1 unspecified atom stereocenters. The van der Waals surface area contributed by atoms with Gasteiger partial charge in [0.1, 0.15) is 0 Å². The molecule has 0 aromatic carbocycles. The lowest BCUT2D eigenvalue weighted by Gasteiger charge is -2.27. The third kappa shape index (κ3) is 4.15. The van der Waals surface area contributed by atoms with Gasteiger partial charge in [0.25, 0.3) is 0 Å². The molecule has 1 atom stereocenters. The topological polar surface area (TPSA) is 37.4 Å². The Balaban J connectivity index is 4.42. The quantitative estimate of drug-likeness (QED) is 0.667. The van der Waals surface area contributed by atoms with Crippen molar-refractivity contribution in [2.24, 2.45) is 5.92 Å². The minimum atomic E-state index is -3.12. The van der Waals surface area contributed by atoms with Gasteiger partial charge in [-0.15, -0.1) is 11.6 Å². The molecule has 0 spiro atoms. The lowest BCUT2D eigenvalue weighted by atomic mass is 10.1. The lowest BCUT2D eigenvalue weighted by Crippen LogP contribution is -2.39. The van der Waals surface area contributed by atoms with Gasteiger partial charge in [-0.2, -0.15) is 0 Å². The van der Waals surface area contributed by atoms with Crippen LogP contribution < -0.4 is 0 Å². The Labute approximate surface area is 92.5 Å². The molecular weight excluding hydrogens is 222 g/mol. The van der Waals surface area contributed by atoms with Crippen LogP contribution >= 0.6 is 11.6 Å². The van der Waals surface area contributed by atoms with Crippen LogP contribution in [0.3, 0.4) is 0 Å². The van der Waals surface area contributed by atoms with E-state index in [0.29, 0.717) is 18.2 Å². The van der Waals surface area contributed by atoms with E-state index in [-0.39, 0.29) is 11.8 Å². The van der Waals surface area contributed by atoms with Gasteiger partial charge in [0.05, 0.1) is 5.75 Å². The molecule has 0 aliphatic rings. The van der Waals surface area contributed by atoms with Crippen molar-refractivity contribution >= 4 is 21.6 Å². The van der Waals surface area contributed by atoms with E-state index in [1.54, 1.807) is 7.05 Å². The Bertz CT molecular complexity index is 252. The van der Waals surface area contributed by atoms with Crippen molar-refractivity contribution in [3.05, 3.63) is 0 Å². The van der Waals surface area contributed by atoms with Crippen LogP contribution in [-0.2, 0) is 10.0 Å². The Morgan fingerprint density at radius 2 is 1.79 bits per heavy atom. The van der Waals surface area contributed by atoms with Crippen LogP contribution in [0.2, 0.25) is 0 Å². The van der Waals surface area contributed by atoms with Crippen molar-refractivity contribution in [1.82, 2.24) is 4.31 Å². The summed E-state index contributed by atoms with van der Waals surface area (Å²) < 4.78 is 24.9. The average molecular weight is 242 g/mol. The molecule has 0 bridgehead atoms. The summed E-state index contributed by atoms with van der Waals surface area (Å²) in [7, 11) is -1.48. The zero-order valence-corrected chi connectivity index (χ0v) is 10.9. The third-order valence-corrected chi connectivity index (χ3v) is 4.79. The van der Waals surface area contributed by atoms with Crippen molar-refractivity contribution in [3.63, 3.8) is 0 Å². The van der Waals surface area contributed by atoms with Gasteiger partial charge in [-0.1, -0.05) is 13.8 Å². The highest BCUT2D eigenvalue weighted by molar-refractivity contribution is 7.89. The van der Waals surface area contributed by atoms with Gasteiger partial charge in [0, 0.05) is 19.0 Å². The summed E-state index contributed by atoms with van der Waals surface area (Å²) in [6.45, 7) is 5.94. The fourth-order valence-corrected chi connectivity index (χ4v) is 2.89. The van der Waals surface area contributed by atoms with Gasteiger partial charge in [-0.25, -0.2) is 12.7 Å². The van der Waals surface area contributed by atoms with Gasteiger partial charge in [0.2, 0.25) is 10.0 Å². The molecule has 0 saturated heterocycles. The van der Waals surface area contributed by atoms with Crippen LogP contribution in [0.1, 0.15) is 27.2 Å². The van der Waals surface area contributed by atoms with Gasteiger partial charge >= 0.3 is 0 Å². The first kappa shape index (κ1) is 14.2. The summed E-state index contributed by atoms with van der Waals surface area (Å²) in [5.74, 6) is 0.860. The second-order valence-electron chi connectivity index (χ2n) is 3.86. The maximum Gasteiger partial charge on any atom is 0.214 e. The normalized spacial score (nSPS) is 15.1. The molecule has 86 valence electrons. The van der Waals surface area contributed by atoms with E-state index in [0.717, 1.165) is 0 Å². The van der Waals surface area contributed by atoms with Crippen molar-refractivity contribution in [3.8, 4) is 0 Å². The second-order valence-corrected chi connectivity index (χ2v) is 6.39. The summed E-state index contributed by atoms with van der Waals surface area (Å²) in [5, 5.41) is 0. The minimum Gasteiger partial charge on any atom is -0.212 e. The van der Waals surface area contributed by atoms with Crippen LogP contribution in [0.15, 0.2) is 0 Å². The predicted molar refractivity (Wildman–Crippen MR) is 61.2 cm³/mol. The maximum atomic E-state index is 11.7. The molecule has 0 heterocycles. The molecule has 14 heavy (non-hydrogen) atoms. The second kappa shape index (κ2) is 5.93. The largest absolute Gasteiger partial charge is 0.214 e. The standard InChI is InChI=1S/C9H20ClNO2S/c1-8(2)9(3)11(4)14(12,13)7-5-6-10/h8-9H,5-7H2,1-4H3. The van der Waals surface area contributed by atoms with Crippen LogP contribution in [0.5, 0.6) is 0 Å². The van der Waals surface area contributed by atoms with Crippen molar-refractivity contribution < 1.29 is 8.42 Å². The van der Waals surface area contributed by atoms with E-state index in [1.165, 1.54) is 4.31 Å². The number of nitrogens with zero attached hydrogens (tertiary/aromatic N) is 1. The fraction of sp³-hybridized carbons (Fsp3) is 1.00. The number of alkyl halides is 1. The van der Waals surface area contributed by atoms with Crippen molar-refractivity contribution in [2.45, 2.75) is 33.2 Å². The van der Waals surface area contributed by atoms with E-state index in [1.807, 2.05) is 20.8 Å². The zero-order chi connectivity index (χ0) is 11.4. The summed E-state index contributed by atoms with van der Waals surface area (Å²) >= 11 is 5.47. The number of rotatable bonds is 6. The zero-order valence-electron chi connectivity index (χ0n) is 9.33. The molecule has 5 heteroatoms. The van der Waals surface area contributed by atoms with Gasteiger partial charge in [-0.3, -0.25) is 0 Å². The van der Waals surface area contributed by atoms with Crippen LogP contribution in [0.4, 0.5) is 0 Å². The fourth-order valence-electron chi connectivity index (χ4n) is 1.05. The SMILES string of the molecule is CC(C)C(C)N(C)S(=O)(=O)CCCCl. The Hall–Kier alpha value is 0.200. The molecule has 0 aromatic heterocycles. The monoisotopic (exact) mass is 241 g/mol. The van der Waals surface area contributed by atoms with E-state index in [2.05, 4.69) is 0 Å². The Kier molecular flexibility index (Phi) is 6.02. The highest BCUT2D eigenvalue weighted by Gasteiger charge is 2.24. The molecule has 0 aromatic rings. The molecular formula is C9H20ClNO2S. The third-order valence-electron chi connectivity index (χ3n) is 2.51. The molecule has 0 rings (SSSR count). The Morgan fingerprint density at radius 3 is 2.14 bits per heavy atom. The van der Waals surface area contributed by atoms with E-state index in [9.17, 15) is 8.42 Å². The predicted octanol–water partition coefficient (Wildman–Crippen LogP) is 1.92. The number of halogens is 1. The summed E-state index contributed by atoms with van der Waals surface area (Å²) in [4.78, 5) is 0. The van der Waals surface area contributed by atoms with Gasteiger partial charge in [-0.05, 0) is 19.3 Å². The molecule has 0 N–H and O–H groups in total. The smallest absolute Gasteiger partial charge is 0.212 e. The van der Waals surface area contributed by atoms with E-state index < -0.39 is 10.0 Å². The molecule has 0 aliphatic carbocycles. The molecule has 0 fully saturated rings. The van der Waals surface area contributed by atoms with Crippen LogP contribution in [0, 0.1) is 5.92 Å². The number of hydrogen-bond acceptors (Lipinski definition) is 2. The van der Waals surface area contributed by atoms with Crippen molar-refractivity contribution in [2.75, 3.05) is 18.7 Å². The van der Waals surface area contributed by atoms with Crippen molar-refractivity contribution in [1.29, 1.82) is 0 Å².